The molecule has 6 nitrogen and oxygen atoms in total. The summed E-state index contributed by atoms with van der Waals surface area (Å²) in [5.74, 6) is -0.374. The smallest absolute Gasteiger partial charge is 0.244 e. The zero-order valence-corrected chi connectivity index (χ0v) is 16.7. The number of aryl methyl sites for hydroxylation is 1. The molecule has 2 N–H and O–H groups in total. The van der Waals surface area contributed by atoms with Crippen molar-refractivity contribution in [3.63, 3.8) is 0 Å². The second-order valence-corrected chi connectivity index (χ2v) is 8.14. The fraction of sp³-hybridized carbons (Fsp3) is 0.235. The van der Waals surface area contributed by atoms with E-state index in [2.05, 4.69) is 10.0 Å². The van der Waals surface area contributed by atoms with Gasteiger partial charge in [0.15, 0.2) is 0 Å². The molecule has 0 heterocycles. The molecule has 2 aromatic rings. The van der Waals surface area contributed by atoms with E-state index in [9.17, 15) is 13.2 Å². The van der Waals surface area contributed by atoms with Crippen molar-refractivity contribution in [1.82, 2.24) is 4.72 Å². The summed E-state index contributed by atoms with van der Waals surface area (Å²) in [6.45, 7) is 3.19. The highest BCUT2D eigenvalue weighted by Gasteiger charge is 2.25. The Hall–Kier alpha value is -1.80. The number of halogens is 2. The van der Waals surface area contributed by atoms with Gasteiger partial charge in [-0.3, -0.25) is 4.79 Å². The van der Waals surface area contributed by atoms with E-state index >= 15 is 0 Å². The van der Waals surface area contributed by atoms with Crippen LogP contribution in [0.1, 0.15) is 12.5 Å². The molecule has 2 rings (SSSR count). The number of benzene rings is 2. The van der Waals surface area contributed by atoms with Gasteiger partial charge in [0.25, 0.3) is 0 Å². The molecule has 0 saturated carbocycles. The van der Waals surface area contributed by atoms with Crippen molar-refractivity contribution < 1.29 is 17.9 Å². The number of rotatable bonds is 6. The van der Waals surface area contributed by atoms with Gasteiger partial charge in [-0.25, -0.2) is 8.42 Å². The number of carbonyl (C=O) groups is 1. The highest BCUT2D eigenvalue weighted by Crippen LogP contribution is 2.26. The molecule has 9 heteroatoms. The highest BCUT2D eigenvalue weighted by molar-refractivity contribution is 7.89. The third-order valence-electron chi connectivity index (χ3n) is 3.52. The third kappa shape index (κ3) is 4.88. The average molecular weight is 417 g/mol. The molecule has 0 unspecified atom stereocenters. The summed E-state index contributed by atoms with van der Waals surface area (Å²) < 4.78 is 32.7. The summed E-state index contributed by atoms with van der Waals surface area (Å²) in [5, 5.41) is 3.24. The fourth-order valence-electron chi connectivity index (χ4n) is 2.18. The Kier molecular flexibility index (Phi) is 6.52. The first-order chi connectivity index (χ1) is 12.1. The van der Waals surface area contributed by atoms with E-state index in [-0.39, 0.29) is 15.7 Å². The molecule has 26 heavy (non-hydrogen) atoms. The summed E-state index contributed by atoms with van der Waals surface area (Å²) >= 11 is 11.8. The lowest BCUT2D eigenvalue weighted by atomic mass is 10.2. The molecule has 0 saturated heterocycles. The lowest BCUT2D eigenvalue weighted by molar-refractivity contribution is -0.117. The number of sulfonamides is 1. The fourth-order valence-corrected chi connectivity index (χ4v) is 4.09. The van der Waals surface area contributed by atoms with Gasteiger partial charge in [-0.2, -0.15) is 4.72 Å². The van der Waals surface area contributed by atoms with Gasteiger partial charge in [-0.05, 0) is 49.7 Å². The molecule has 1 atom stereocenters. The molecule has 0 aromatic heterocycles. The second-order valence-electron chi connectivity index (χ2n) is 5.61. The van der Waals surface area contributed by atoms with Gasteiger partial charge in [-0.15, -0.1) is 0 Å². The number of carbonyl (C=O) groups excluding carboxylic acids is 1. The number of ether oxygens (including phenoxy) is 1. The summed E-state index contributed by atoms with van der Waals surface area (Å²) in [6, 6.07) is 8.30. The van der Waals surface area contributed by atoms with Crippen molar-refractivity contribution in [2.75, 3.05) is 12.4 Å². The molecule has 0 aliphatic rings. The predicted molar refractivity (Wildman–Crippen MR) is 103 cm³/mol. The normalized spacial score (nSPS) is 12.5. The first-order valence-corrected chi connectivity index (χ1v) is 9.81. The lowest BCUT2D eigenvalue weighted by Gasteiger charge is -2.17. The first kappa shape index (κ1) is 20.5. The molecule has 0 fully saturated rings. The van der Waals surface area contributed by atoms with E-state index in [1.165, 1.54) is 32.2 Å². The summed E-state index contributed by atoms with van der Waals surface area (Å²) in [6.07, 6.45) is 0. The van der Waals surface area contributed by atoms with Crippen LogP contribution in [-0.4, -0.2) is 27.5 Å². The highest BCUT2D eigenvalue weighted by atomic mass is 35.5. The Labute approximate surface area is 162 Å². The quantitative estimate of drug-likeness (QED) is 0.752. The number of anilines is 1. The molecule has 0 aliphatic heterocycles. The topological polar surface area (TPSA) is 84.5 Å². The van der Waals surface area contributed by atoms with Crippen molar-refractivity contribution in [3.8, 4) is 5.75 Å². The maximum absolute atomic E-state index is 12.6. The van der Waals surface area contributed by atoms with Crippen molar-refractivity contribution >= 4 is 44.8 Å². The Morgan fingerprint density at radius 3 is 2.46 bits per heavy atom. The van der Waals surface area contributed by atoms with Crippen molar-refractivity contribution in [2.24, 2.45) is 0 Å². The zero-order chi connectivity index (χ0) is 19.5. The third-order valence-corrected chi connectivity index (χ3v) is 5.63. The van der Waals surface area contributed by atoms with Crippen LogP contribution in [0.25, 0.3) is 0 Å². The molecule has 0 bridgehead atoms. The number of nitrogens with one attached hydrogen (secondary N) is 2. The number of amides is 1. The van der Waals surface area contributed by atoms with Gasteiger partial charge < -0.3 is 10.1 Å². The van der Waals surface area contributed by atoms with E-state index < -0.39 is 22.0 Å². The van der Waals surface area contributed by atoms with Crippen molar-refractivity contribution in [2.45, 2.75) is 24.8 Å². The van der Waals surface area contributed by atoms with Crippen LogP contribution >= 0.6 is 23.2 Å². The van der Waals surface area contributed by atoms with E-state index in [1.807, 2.05) is 0 Å². The van der Waals surface area contributed by atoms with Gasteiger partial charge in [0.05, 0.1) is 23.9 Å². The van der Waals surface area contributed by atoms with Crippen LogP contribution < -0.4 is 14.8 Å². The molecule has 0 radical (unpaired) electrons. The number of methoxy groups -OCH3 is 1. The zero-order valence-electron chi connectivity index (χ0n) is 14.3. The minimum Gasteiger partial charge on any atom is -0.495 e. The minimum absolute atomic E-state index is 0.0378. The Morgan fingerprint density at radius 1 is 1.15 bits per heavy atom. The van der Waals surface area contributed by atoms with Gasteiger partial charge in [0.1, 0.15) is 10.6 Å². The minimum atomic E-state index is -3.97. The standard InChI is InChI=1S/C17H18Cl2N2O4S/c1-10-4-7-15(25-3)16(8-10)26(23,24)21-11(2)17(22)20-14-6-5-12(18)9-13(14)19/h4-9,11,21H,1-3H3,(H,20,22)/t11-/m1/s1. The van der Waals surface area contributed by atoms with E-state index in [0.29, 0.717) is 10.7 Å². The molecule has 1 amide bonds. The van der Waals surface area contributed by atoms with Crippen LogP contribution in [-0.2, 0) is 14.8 Å². The molecular formula is C17H18Cl2N2O4S. The first-order valence-electron chi connectivity index (χ1n) is 7.57. The van der Waals surface area contributed by atoms with Gasteiger partial charge in [-0.1, -0.05) is 29.3 Å². The Balaban J connectivity index is 2.18. The largest absolute Gasteiger partial charge is 0.495 e. The van der Waals surface area contributed by atoms with Gasteiger partial charge in [0, 0.05) is 5.02 Å². The second kappa shape index (κ2) is 8.26. The van der Waals surface area contributed by atoms with Crippen molar-refractivity contribution in [1.29, 1.82) is 0 Å². The monoisotopic (exact) mass is 416 g/mol. The predicted octanol–water partition coefficient (Wildman–Crippen LogP) is 3.62. The van der Waals surface area contributed by atoms with Crippen LogP contribution in [0, 0.1) is 6.92 Å². The average Bonchev–Trinajstić information content (AvgIpc) is 2.56. The van der Waals surface area contributed by atoms with E-state index in [1.54, 1.807) is 25.1 Å². The number of hydrogen-bond donors (Lipinski definition) is 2. The SMILES string of the molecule is COc1ccc(C)cc1S(=O)(=O)N[C@H](C)C(=O)Nc1ccc(Cl)cc1Cl. The Morgan fingerprint density at radius 2 is 1.85 bits per heavy atom. The van der Waals surface area contributed by atoms with Crippen molar-refractivity contribution in [3.05, 3.63) is 52.0 Å². The van der Waals surface area contributed by atoms with Crippen LogP contribution in [0.15, 0.2) is 41.3 Å². The molecule has 0 aliphatic carbocycles. The van der Waals surface area contributed by atoms with Gasteiger partial charge >= 0.3 is 0 Å². The maximum atomic E-state index is 12.6. The van der Waals surface area contributed by atoms with Crippen LogP contribution in [0.3, 0.4) is 0 Å². The molecule has 2 aromatic carbocycles. The number of hydrogen-bond acceptors (Lipinski definition) is 4. The van der Waals surface area contributed by atoms with Crippen LogP contribution in [0.4, 0.5) is 5.69 Å². The van der Waals surface area contributed by atoms with Gasteiger partial charge in [0.2, 0.25) is 15.9 Å². The van der Waals surface area contributed by atoms with Crippen LogP contribution in [0.5, 0.6) is 5.75 Å². The Bertz CT molecular complexity index is 932. The summed E-state index contributed by atoms with van der Waals surface area (Å²) in [7, 11) is -2.59. The molecule has 0 spiro atoms. The van der Waals surface area contributed by atoms with E-state index in [4.69, 9.17) is 27.9 Å². The lowest BCUT2D eigenvalue weighted by Crippen LogP contribution is -2.41. The maximum Gasteiger partial charge on any atom is 0.244 e. The molecule has 140 valence electrons. The summed E-state index contributed by atoms with van der Waals surface area (Å²) in [4.78, 5) is 12.3. The van der Waals surface area contributed by atoms with Crippen LogP contribution in [0.2, 0.25) is 10.0 Å². The van der Waals surface area contributed by atoms with E-state index in [0.717, 1.165) is 5.56 Å². The summed E-state index contributed by atoms with van der Waals surface area (Å²) in [5.41, 5.74) is 1.08. The molecular weight excluding hydrogens is 399 g/mol.